The summed E-state index contributed by atoms with van der Waals surface area (Å²) in [6.07, 6.45) is 2.42. The lowest BCUT2D eigenvalue weighted by Crippen LogP contribution is -2.43. The van der Waals surface area contributed by atoms with Gasteiger partial charge in [0.1, 0.15) is 0 Å². The summed E-state index contributed by atoms with van der Waals surface area (Å²) in [5.74, 6) is -0.414. The minimum Gasteiger partial charge on any atom is -0.403 e. The maximum absolute atomic E-state index is 12.4. The molecule has 1 atom stereocenters. The first kappa shape index (κ1) is 18.5. The summed E-state index contributed by atoms with van der Waals surface area (Å²) in [7, 11) is -3.30. The van der Waals surface area contributed by atoms with Gasteiger partial charge in [-0.25, -0.2) is 12.7 Å². The Morgan fingerprint density at radius 2 is 2.08 bits per heavy atom. The molecule has 8 nitrogen and oxygen atoms in total. The molecule has 2 heterocycles. The number of carbonyl (C=O) groups is 1. The Kier molecular flexibility index (Phi) is 5.10. The number of nitrogens with one attached hydrogen (secondary N) is 1. The third kappa shape index (κ3) is 4.10. The van der Waals surface area contributed by atoms with Crippen LogP contribution in [0, 0.1) is 19.8 Å². The normalized spacial score (nSPS) is 18.7. The molecule has 1 fully saturated rings. The van der Waals surface area contributed by atoms with Crippen LogP contribution in [0.5, 0.6) is 0 Å². The van der Waals surface area contributed by atoms with E-state index in [0.717, 1.165) is 22.9 Å². The molecule has 0 bridgehead atoms. The fraction of sp³-hybridized carbons (Fsp3) is 0.471. The number of hydrogen-bond donors (Lipinski definition) is 1. The average Bonchev–Trinajstić information content (AvgIpc) is 3.02. The predicted molar refractivity (Wildman–Crippen MR) is 97.0 cm³/mol. The molecule has 3 rings (SSSR count). The standard InChI is InChI=1S/C17H22N4O4S/c1-11-6-7-14(12(2)9-11)16-19-20-17(25-16)18-15(22)13-5-4-8-21(10-13)26(3,23)24/h6-7,9,13H,4-5,8,10H2,1-3H3,(H,18,20,22). The maximum atomic E-state index is 12.4. The van der Waals surface area contributed by atoms with E-state index in [1.807, 2.05) is 32.0 Å². The van der Waals surface area contributed by atoms with Gasteiger partial charge in [-0.3, -0.25) is 10.1 Å². The van der Waals surface area contributed by atoms with Crippen molar-refractivity contribution in [3.05, 3.63) is 29.3 Å². The lowest BCUT2D eigenvalue weighted by Gasteiger charge is -2.29. The van der Waals surface area contributed by atoms with Gasteiger partial charge in [0, 0.05) is 18.7 Å². The number of anilines is 1. The van der Waals surface area contributed by atoms with E-state index in [4.69, 9.17) is 4.42 Å². The minimum absolute atomic E-state index is 0.0152. The summed E-state index contributed by atoms with van der Waals surface area (Å²) in [4.78, 5) is 12.4. The topological polar surface area (TPSA) is 105 Å². The quantitative estimate of drug-likeness (QED) is 0.872. The molecule has 9 heteroatoms. The first-order chi connectivity index (χ1) is 12.2. The van der Waals surface area contributed by atoms with Gasteiger partial charge in [-0.2, -0.15) is 0 Å². The van der Waals surface area contributed by atoms with E-state index in [2.05, 4.69) is 15.5 Å². The summed E-state index contributed by atoms with van der Waals surface area (Å²) >= 11 is 0. The van der Waals surface area contributed by atoms with Gasteiger partial charge < -0.3 is 4.42 Å². The molecule has 1 aromatic carbocycles. The lowest BCUT2D eigenvalue weighted by atomic mass is 9.99. The number of benzene rings is 1. The first-order valence-corrected chi connectivity index (χ1v) is 10.3. The van der Waals surface area contributed by atoms with Gasteiger partial charge in [0.2, 0.25) is 21.8 Å². The van der Waals surface area contributed by atoms with E-state index < -0.39 is 15.9 Å². The molecule has 1 amide bonds. The molecule has 1 aliphatic rings. The van der Waals surface area contributed by atoms with Gasteiger partial charge in [0.15, 0.2) is 0 Å². The highest BCUT2D eigenvalue weighted by atomic mass is 32.2. The Morgan fingerprint density at radius 1 is 1.31 bits per heavy atom. The molecule has 0 saturated carbocycles. The van der Waals surface area contributed by atoms with Crippen LogP contribution in [-0.2, 0) is 14.8 Å². The number of hydrogen-bond acceptors (Lipinski definition) is 6. The monoisotopic (exact) mass is 378 g/mol. The van der Waals surface area contributed by atoms with Crippen molar-refractivity contribution in [3.63, 3.8) is 0 Å². The van der Waals surface area contributed by atoms with Crippen molar-refractivity contribution in [2.24, 2.45) is 5.92 Å². The van der Waals surface area contributed by atoms with Gasteiger partial charge in [-0.1, -0.05) is 22.8 Å². The minimum atomic E-state index is -3.30. The van der Waals surface area contributed by atoms with Crippen molar-refractivity contribution in [1.29, 1.82) is 0 Å². The molecule has 1 N–H and O–H groups in total. The summed E-state index contributed by atoms with van der Waals surface area (Å²) < 4.78 is 30.3. The molecular weight excluding hydrogens is 356 g/mol. The fourth-order valence-electron chi connectivity index (χ4n) is 3.10. The third-order valence-electron chi connectivity index (χ3n) is 4.49. The Balaban J connectivity index is 1.70. The zero-order valence-corrected chi connectivity index (χ0v) is 15.8. The van der Waals surface area contributed by atoms with Crippen LogP contribution in [0.4, 0.5) is 6.01 Å². The number of rotatable bonds is 4. The molecule has 0 spiro atoms. The van der Waals surface area contributed by atoms with E-state index in [1.54, 1.807) is 0 Å². The molecule has 26 heavy (non-hydrogen) atoms. The van der Waals surface area contributed by atoms with Crippen molar-refractivity contribution in [3.8, 4) is 11.5 Å². The molecule has 0 aliphatic carbocycles. The molecule has 140 valence electrons. The number of carbonyl (C=O) groups excluding carboxylic acids is 1. The van der Waals surface area contributed by atoms with Gasteiger partial charge in [0.05, 0.1) is 12.2 Å². The second kappa shape index (κ2) is 7.16. The lowest BCUT2D eigenvalue weighted by molar-refractivity contribution is -0.121. The molecule has 1 unspecified atom stereocenters. The fourth-order valence-corrected chi connectivity index (χ4v) is 4.01. The van der Waals surface area contributed by atoms with E-state index in [1.165, 1.54) is 4.31 Å². The highest BCUT2D eigenvalue weighted by Crippen LogP contribution is 2.25. The number of aryl methyl sites for hydroxylation is 2. The summed E-state index contributed by atoms with van der Waals surface area (Å²) in [6, 6.07) is 5.88. The molecular formula is C17H22N4O4S. The summed E-state index contributed by atoms with van der Waals surface area (Å²) in [5.41, 5.74) is 2.94. The number of amides is 1. The Hall–Kier alpha value is -2.26. The molecule has 1 aromatic heterocycles. The van der Waals surface area contributed by atoms with Crippen LogP contribution >= 0.6 is 0 Å². The Bertz CT molecular complexity index is 923. The first-order valence-electron chi connectivity index (χ1n) is 8.41. The zero-order valence-electron chi connectivity index (χ0n) is 15.0. The van der Waals surface area contributed by atoms with Crippen molar-refractivity contribution < 1.29 is 17.6 Å². The van der Waals surface area contributed by atoms with Crippen LogP contribution in [-0.4, -0.2) is 48.2 Å². The summed E-state index contributed by atoms with van der Waals surface area (Å²) in [5, 5.41) is 10.5. The molecule has 0 radical (unpaired) electrons. The highest BCUT2D eigenvalue weighted by Gasteiger charge is 2.30. The van der Waals surface area contributed by atoms with Gasteiger partial charge >= 0.3 is 6.01 Å². The van der Waals surface area contributed by atoms with E-state index in [9.17, 15) is 13.2 Å². The Morgan fingerprint density at radius 3 is 2.77 bits per heavy atom. The Labute approximate surface area is 152 Å². The smallest absolute Gasteiger partial charge is 0.322 e. The second-order valence-electron chi connectivity index (χ2n) is 6.68. The van der Waals surface area contributed by atoms with Crippen molar-refractivity contribution in [1.82, 2.24) is 14.5 Å². The van der Waals surface area contributed by atoms with E-state index in [0.29, 0.717) is 25.3 Å². The van der Waals surface area contributed by atoms with Gasteiger partial charge in [0.25, 0.3) is 0 Å². The van der Waals surface area contributed by atoms with Crippen LogP contribution in [0.1, 0.15) is 24.0 Å². The van der Waals surface area contributed by atoms with Crippen LogP contribution in [0.25, 0.3) is 11.5 Å². The molecule has 1 aliphatic heterocycles. The van der Waals surface area contributed by atoms with Gasteiger partial charge in [-0.15, -0.1) is 5.10 Å². The molecule has 1 saturated heterocycles. The van der Waals surface area contributed by atoms with Crippen LogP contribution in [0.2, 0.25) is 0 Å². The molecule has 2 aromatic rings. The average molecular weight is 378 g/mol. The zero-order chi connectivity index (χ0) is 18.9. The van der Waals surface area contributed by atoms with Crippen molar-refractivity contribution in [2.75, 3.05) is 24.7 Å². The van der Waals surface area contributed by atoms with Crippen molar-refractivity contribution in [2.45, 2.75) is 26.7 Å². The predicted octanol–water partition coefficient (Wildman–Crippen LogP) is 1.96. The number of piperidine rings is 1. The van der Waals surface area contributed by atoms with Crippen LogP contribution in [0.15, 0.2) is 22.6 Å². The van der Waals surface area contributed by atoms with Crippen LogP contribution in [0.3, 0.4) is 0 Å². The number of nitrogens with zero attached hydrogens (tertiary/aromatic N) is 3. The summed E-state index contributed by atoms with van der Waals surface area (Å²) in [6.45, 7) is 4.57. The largest absolute Gasteiger partial charge is 0.403 e. The highest BCUT2D eigenvalue weighted by molar-refractivity contribution is 7.88. The second-order valence-corrected chi connectivity index (χ2v) is 8.66. The third-order valence-corrected chi connectivity index (χ3v) is 5.76. The maximum Gasteiger partial charge on any atom is 0.322 e. The van der Waals surface area contributed by atoms with E-state index in [-0.39, 0.29) is 18.5 Å². The van der Waals surface area contributed by atoms with E-state index >= 15 is 0 Å². The number of aromatic nitrogens is 2. The number of sulfonamides is 1. The van der Waals surface area contributed by atoms with Gasteiger partial charge in [-0.05, 0) is 38.3 Å². The SMILES string of the molecule is Cc1ccc(-c2nnc(NC(=O)C3CCCN(S(C)(=O)=O)C3)o2)c(C)c1. The van der Waals surface area contributed by atoms with Crippen LogP contribution < -0.4 is 5.32 Å². The van der Waals surface area contributed by atoms with Crippen molar-refractivity contribution >= 4 is 21.9 Å².